The Morgan fingerprint density at radius 3 is 1.75 bits per heavy atom. The summed E-state index contributed by atoms with van der Waals surface area (Å²) in [6.07, 6.45) is -7.64. The van der Waals surface area contributed by atoms with Gasteiger partial charge in [0.25, 0.3) is 0 Å². The number of halogens is 6. The van der Waals surface area contributed by atoms with Crippen molar-refractivity contribution in [2.24, 2.45) is 0 Å². The second-order valence-electron chi connectivity index (χ2n) is 10.4. The van der Waals surface area contributed by atoms with Crippen LogP contribution in [0, 0.1) is 0 Å². The number of hydrogen-bond acceptors (Lipinski definition) is 3. The van der Waals surface area contributed by atoms with Crippen molar-refractivity contribution < 1.29 is 40.4 Å². The van der Waals surface area contributed by atoms with E-state index in [0.717, 1.165) is 24.3 Å². The molecule has 44 heavy (non-hydrogen) atoms. The van der Waals surface area contributed by atoms with Crippen molar-refractivity contribution in [3.8, 4) is 0 Å². The van der Waals surface area contributed by atoms with Crippen LogP contribution in [0.25, 0.3) is 11.6 Å². The van der Waals surface area contributed by atoms with Crippen LogP contribution < -0.4 is 15.7 Å². The van der Waals surface area contributed by atoms with E-state index in [0.29, 0.717) is 22.0 Å². The van der Waals surface area contributed by atoms with Crippen molar-refractivity contribution in [2.45, 2.75) is 31.7 Å². The molecule has 0 fully saturated rings. The van der Waals surface area contributed by atoms with Crippen LogP contribution in [-0.2, 0) is 26.4 Å². The summed E-state index contributed by atoms with van der Waals surface area (Å²) >= 11 is 0. The van der Waals surface area contributed by atoms with Crippen molar-refractivity contribution in [3.63, 3.8) is 0 Å². The highest BCUT2D eigenvalue weighted by Crippen LogP contribution is 2.45. The normalized spacial score (nSPS) is 14.2. The van der Waals surface area contributed by atoms with Crippen LogP contribution >= 0.6 is 7.29 Å². The number of alkyl halides is 6. The van der Waals surface area contributed by atoms with E-state index < -0.39 is 42.3 Å². The Morgan fingerprint density at radius 1 is 0.727 bits per heavy atom. The summed E-state index contributed by atoms with van der Waals surface area (Å²) in [6, 6.07) is 23.3. The maximum atomic E-state index is 15.2. The third-order valence-corrected chi connectivity index (χ3v) is 9.83. The summed E-state index contributed by atoms with van der Waals surface area (Å²) in [4.78, 5) is 12.7. The summed E-state index contributed by atoms with van der Waals surface area (Å²) in [6.45, 7) is 3.01. The van der Waals surface area contributed by atoms with E-state index in [1.165, 1.54) is 51.3 Å². The molecule has 0 aliphatic heterocycles. The van der Waals surface area contributed by atoms with E-state index in [9.17, 15) is 31.1 Å². The summed E-state index contributed by atoms with van der Waals surface area (Å²) in [7, 11) is -2.72. The first-order valence-corrected chi connectivity index (χ1v) is 15.0. The highest BCUT2D eigenvalue weighted by Gasteiger charge is 2.40. The molecule has 4 nitrogen and oxygen atoms in total. The summed E-state index contributed by atoms with van der Waals surface area (Å²) in [5.41, 5.74) is -1.97. The van der Waals surface area contributed by atoms with E-state index in [1.54, 1.807) is 54.6 Å². The Balaban J connectivity index is 1.99. The summed E-state index contributed by atoms with van der Waals surface area (Å²) in [5.74, 6) is -0.686. The minimum atomic E-state index is -4.60. The number of hydrogen-bond donors (Lipinski definition) is 1. The smallest absolute Gasteiger partial charge is 0.416 e. The lowest BCUT2D eigenvalue weighted by atomic mass is 9.94. The molecule has 230 valence electrons. The first-order valence-electron chi connectivity index (χ1n) is 13.3. The Hall–Kier alpha value is -4.14. The molecule has 1 unspecified atom stereocenters. The van der Waals surface area contributed by atoms with Crippen LogP contribution in [0.5, 0.6) is 0 Å². The zero-order valence-electron chi connectivity index (χ0n) is 23.8. The molecule has 1 atom stereocenters. The second kappa shape index (κ2) is 12.5. The van der Waals surface area contributed by atoms with E-state index in [2.05, 4.69) is 5.09 Å². The molecule has 0 radical (unpaired) electrons. The van der Waals surface area contributed by atoms with Crippen LogP contribution in [-0.4, -0.2) is 18.6 Å². The molecule has 0 spiro atoms. The van der Waals surface area contributed by atoms with Gasteiger partial charge in [-0.05, 0) is 84.7 Å². The highest BCUT2D eigenvalue weighted by atomic mass is 31.2. The van der Waals surface area contributed by atoms with E-state index >= 15 is 4.57 Å². The topological polar surface area (TPSA) is 55.4 Å². The summed E-state index contributed by atoms with van der Waals surface area (Å²) < 4.78 is 100.0. The molecule has 0 heterocycles. The van der Waals surface area contributed by atoms with Crippen LogP contribution in [0.1, 0.15) is 41.7 Å². The molecule has 4 rings (SSSR count). The highest BCUT2D eigenvalue weighted by molar-refractivity contribution is 7.77. The molecule has 1 N–H and O–H groups in total. The maximum Gasteiger partial charge on any atom is 0.416 e. The molecule has 4 aromatic rings. The van der Waals surface area contributed by atoms with Crippen molar-refractivity contribution in [1.29, 1.82) is 0 Å². The third kappa shape index (κ3) is 7.14. The number of benzene rings is 4. The van der Waals surface area contributed by atoms with Gasteiger partial charge < -0.3 is 4.74 Å². The number of carbonyl (C=O) groups excluding carboxylic acids is 1. The van der Waals surface area contributed by atoms with Crippen molar-refractivity contribution in [1.82, 2.24) is 5.09 Å². The average molecular weight is 632 g/mol. The van der Waals surface area contributed by atoms with Crippen molar-refractivity contribution >= 4 is 35.5 Å². The second-order valence-corrected chi connectivity index (χ2v) is 12.9. The monoisotopic (exact) mass is 631 g/mol. The zero-order valence-corrected chi connectivity index (χ0v) is 24.7. The fourth-order valence-corrected chi connectivity index (χ4v) is 7.49. The minimum absolute atomic E-state index is 0.223. The maximum absolute atomic E-state index is 15.2. The summed E-state index contributed by atoms with van der Waals surface area (Å²) in [5, 5.41) is 3.56. The van der Waals surface area contributed by atoms with Gasteiger partial charge in [0, 0.05) is 10.6 Å². The quantitative estimate of drug-likeness (QED) is 0.0925. The standard InChI is InChI=1S/C33H28F6NO3P/c1-31(2,30(41)43-3)40-44(42,26-9-5-4-6-10-26)29-12-8-7-11-27(29)28(23-15-19-25(20-16-23)33(37,38)39)21-22-13-17-24(18-14-22)32(34,35)36/h4-21H,1-3H3,(H,40,42)/b28-21+. The minimum Gasteiger partial charge on any atom is -0.468 e. The number of carbonyl (C=O) groups is 1. The molecular weight excluding hydrogens is 603 g/mol. The lowest BCUT2D eigenvalue weighted by molar-refractivity contribution is -0.146. The van der Waals surface area contributed by atoms with Gasteiger partial charge in [-0.2, -0.15) is 26.3 Å². The first-order chi connectivity index (χ1) is 20.6. The van der Waals surface area contributed by atoms with E-state index in [4.69, 9.17) is 4.74 Å². The van der Waals surface area contributed by atoms with Crippen LogP contribution in [0.3, 0.4) is 0 Å². The average Bonchev–Trinajstić information content (AvgIpc) is 2.99. The lowest BCUT2D eigenvalue weighted by Gasteiger charge is -2.31. The Bertz CT molecular complexity index is 1690. The van der Waals surface area contributed by atoms with Gasteiger partial charge in [0.15, 0.2) is 0 Å². The SMILES string of the molecule is COC(=O)C(C)(C)NP(=O)(c1ccccc1)c1ccccc1/C(=C/c1ccc(C(F)(F)F)cc1)c1ccc(C(F)(F)F)cc1. The number of ether oxygens (including phenoxy) is 1. The molecule has 0 bridgehead atoms. The van der Waals surface area contributed by atoms with Crippen molar-refractivity contribution in [2.75, 3.05) is 7.11 Å². The van der Waals surface area contributed by atoms with Gasteiger partial charge in [0.05, 0.1) is 18.2 Å². The molecular formula is C33H28F6NO3P. The molecule has 4 aromatic carbocycles. The Morgan fingerprint density at radius 2 is 1.23 bits per heavy atom. The lowest BCUT2D eigenvalue weighted by Crippen LogP contribution is -2.49. The number of rotatable bonds is 8. The fraction of sp³-hybridized carbons (Fsp3) is 0.182. The Labute approximate surface area is 250 Å². The zero-order chi connectivity index (χ0) is 32.3. The molecule has 0 saturated carbocycles. The van der Waals surface area contributed by atoms with Gasteiger partial charge in [-0.15, -0.1) is 0 Å². The molecule has 0 saturated heterocycles. The fourth-order valence-electron chi connectivity index (χ4n) is 4.66. The third-order valence-electron chi connectivity index (χ3n) is 6.86. The number of nitrogens with one attached hydrogen (secondary N) is 1. The van der Waals surface area contributed by atoms with Crippen LogP contribution in [0.2, 0.25) is 0 Å². The predicted molar refractivity (Wildman–Crippen MR) is 159 cm³/mol. The van der Waals surface area contributed by atoms with E-state index in [1.807, 2.05) is 0 Å². The first kappa shape index (κ1) is 32.8. The molecule has 0 amide bonds. The largest absolute Gasteiger partial charge is 0.468 e. The predicted octanol–water partition coefficient (Wildman–Crippen LogP) is 8.08. The molecule has 0 aliphatic rings. The Kier molecular flexibility index (Phi) is 9.28. The van der Waals surface area contributed by atoms with Crippen LogP contribution in [0.15, 0.2) is 103 Å². The number of methoxy groups -OCH3 is 1. The number of esters is 1. The van der Waals surface area contributed by atoms with Gasteiger partial charge in [-0.25, -0.2) is 5.09 Å². The van der Waals surface area contributed by atoms with Gasteiger partial charge in [0.2, 0.25) is 7.29 Å². The van der Waals surface area contributed by atoms with Gasteiger partial charge >= 0.3 is 18.3 Å². The molecule has 0 aromatic heterocycles. The van der Waals surface area contributed by atoms with Gasteiger partial charge in [0.1, 0.15) is 5.54 Å². The van der Waals surface area contributed by atoms with Crippen molar-refractivity contribution in [3.05, 3.63) is 131 Å². The van der Waals surface area contributed by atoms with E-state index in [-0.39, 0.29) is 10.9 Å². The molecule has 0 aliphatic carbocycles. The molecule has 11 heteroatoms. The van der Waals surface area contributed by atoms with Gasteiger partial charge in [-0.1, -0.05) is 60.7 Å². The van der Waals surface area contributed by atoms with Crippen LogP contribution in [0.4, 0.5) is 26.3 Å². The van der Waals surface area contributed by atoms with Gasteiger partial charge in [-0.3, -0.25) is 9.36 Å².